The van der Waals surface area contributed by atoms with Crippen molar-refractivity contribution in [2.24, 2.45) is 0 Å². The van der Waals surface area contributed by atoms with Gasteiger partial charge in [0.15, 0.2) is 0 Å². The molecule has 1 atom stereocenters. The number of carboxylic acids is 1. The number of nitrogens with zero attached hydrogens (tertiary/aromatic N) is 3. The van der Waals surface area contributed by atoms with Crippen LogP contribution in [0.25, 0.3) is 0 Å². The number of benzene rings is 1. The van der Waals surface area contributed by atoms with Gasteiger partial charge in [-0.15, -0.1) is 0 Å². The highest BCUT2D eigenvalue weighted by Crippen LogP contribution is 2.29. The van der Waals surface area contributed by atoms with Crippen LogP contribution in [0.1, 0.15) is 23.3 Å². The molecular weight excluding hydrogens is 320 g/mol. The molecule has 126 valence electrons. The van der Waals surface area contributed by atoms with Gasteiger partial charge in [0.1, 0.15) is 17.5 Å². The van der Waals surface area contributed by atoms with E-state index in [4.69, 9.17) is 9.84 Å². The van der Waals surface area contributed by atoms with E-state index in [9.17, 15) is 19.7 Å². The van der Waals surface area contributed by atoms with Crippen molar-refractivity contribution in [2.45, 2.75) is 13.0 Å². The van der Waals surface area contributed by atoms with Crippen molar-refractivity contribution in [3.8, 4) is 5.75 Å². The van der Waals surface area contributed by atoms with Crippen LogP contribution in [0.4, 0.5) is 11.4 Å². The number of amides is 1. The second-order valence-corrected chi connectivity index (χ2v) is 4.82. The Hall–Kier alpha value is -3.43. The lowest BCUT2D eigenvalue weighted by molar-refractivity contribution is -0.384. The normalized spacial score (nSPS) is 11.6. The van der Waals surface area contributed by atoms with Crippen LogP contribution in [0, 0.1) is 10.1 Å². The van der Waals surface area contributed by atoms with Crippen LogP contribution in [0.3, 0.4) is 0 Å². The first-order valence-corrected chi connectivity index (χ1v) is 6.74. The Balaban J connectivity index is 2.24. The molecule has 1 aromatic heterocycles. The van der Waals surface area contributed by atoms with Gasteiger partial charge in [-0.1, -0.05) is 0 Å². The Morgan fingerprint density at radius 3 is 2.75 bits per heavy atom. The van der Waals surface area contributed by atoms with Crippen molar-refractivity contribution in [3.63, 3.8) is 0 Å². The van der Waals surface area contributed by atoms with Gasteiger partial charge in [0.2, 0.25) is 0 Å². The molecule has 0 aliphatic heterocycles. The van der Waals surface area contributed by atoms with Crippen LogP contribution in [-0.4, -0.2) is 38.8 Å². The first-order valence-electron chi connectivity index (χ1n) is 6.74. The predicted molar refractivity (Wildman–Crippen MR) is 82.2 cm³/mol. The van der Waals surface area contributed by atoms with E-state index in [-0.39, 0.29) is 22.7 Å². The molecule has 1 aromatic carbocycles. The van der Waals surface area contributed by atoms with E-state index in [1.165, 1.54) is 44.6 Å². The minimum atomic E-state index is -1.10. The van der Waals surface area contributed by atoms with Gasteiger partial charge in [-0.3, -0.25) is 19.6 Å². The number of aliphatic carboxylic acids is 1. The standard InChI is InChI=1S/C14H14N4O6/c1-8(14(20)21)17-7-9(6-15-17)13(19)16-11-4-3-10(24-2)5-12(11)18(22)23/h3-8H,1-2H3,(H,16,19)(H,20,21). The number of rotatable bonds is 6. The average Bonchev–Trinajstić information content (AvgIpc) is 3.04. The highest BCUT2D eigenvalue weighted by Gasteiger charge is 2.20. The number of carbonyl (C=O) groups is 2. The van der Waals surface area contributed by atoms with Gasteiger partial charge in [0.25, 0.3) is 11.6 Å². The molecule has 1 amide bonds. The van der Waals surface area contributed by atoms with Gasteiger partial charge in [-0.2, -0.15) is 5.10 Å². The third-order valence-corrected chi connectivity index (χ3v) is 3.27. The summed E-state index contributed by atoms with van der Waals surface area (Å²) in [4.78, 5) is 33.5. The van der Waals surface area contributed by atoms with E-state index < -0.39 is 22.8 Å². The number of ether oxygens (including phenoxy) is 1. The molecule has 0 spiro atoms. The maximum Gasteiger partial charge on any atom is 0.328 e. The van der Waals surface area contributed by atoms with Crippen molar-refractivity contribution in [2.75, 3.05) is 12.4 Å². The van der Waals surface area contributed by atoms with E-state index in [0.717, 1.165) is 4.68 Å². The number of carbonyl (C=O) groups excluding carboxylic acids is 1. The Morgan fingerprint density at radius 2 is 2.17 bits per heavy atom. The largest absolute Gasteiger partial charge is 0.496 e. The SMILES string of the molecule is COc1ccc(NC(=O)c2cnn(C(C)C(=O)O)c2)c([N+](=O)[O-])c1. The van der Waals surface area contributed by atoms with E-state index in [0.29, 0.717) is 0 Å². The summed E-state index contributed by atoms with van der Waals surface area (Å²) in [6.07, 6.45) is 2.44. The molecule has 2 aromatic rings. The number of anilines is 1. The van der Waals surface area contributed by atoms with Crippen molar-refractivity contribution in [1.82, 2.24) is 9.78 Å². The lowest BCUT2D eigenvalue weighted by Crippen LogP contribution is -2.16. The van der Waals surface area contributed by atoms with Crippen molar-refractivity contribution >= 4 is 23.3 Å². The topological polar surface area (TPSA) is 137 Å². The lowest BCUT2D eigenvalue weighted by Gasteiger charge is -2.07. The summed E-state index contributed by atoms with van der Waals surface area (Å²) in [5, 5.41) is 26.2. The summed E-state index contributed by atoms with van der Waals surface area (Å²) in [7, 11) is 1.37. The first-order chi connectivity index (χ1) is 11.3. The summed E-state index contributed by atoms with van der Waals surface area (Å²) in [5.41, 5.74) is -0.257. The fourth-order valence-electron chi connectivity index (χ4n) is 1.87. The Kier molecular flexibility index (Phi) is 4.78. The molecule has 0 bridgehead atoms. The molecule has 2 rings (SSSR count). The molecule has 10 nitrogen and oxygen atoms in total. The number of carboxylic acid groups (broad SMARTS) is 1. The summed E-state index contributed by atoms with van der Waals surface area (Å²) < 4.78 is 6.03. The van der Waals surface area contributed by atoms with E-state index in [1.807, 2.05) is 0 Å². The van der Waals surface area contributed by atoms with Crippen LogP contribution in [0.5, 0.6) is 5.75 Å². The molecule has 24 heavy (non-hydrogen) atoms. The molecule has 1 unspecified atom stereocenters. The Labute approximate surface area is 135 Å². The van der Waals surface area contributed by atoms with Crippen LogP contribution in [-0.2, 0) is 4.79 Å². The van der Waals surface area contributed by atoms with Crippen LogP contribution >= 0.6 is 0 Å². The summed E-state index contributed by atoms with van der Waals surface area (Å²) >= 11 is 0. The number of methoxy groups -OCH3 is 1. The monoisotopic (exact) mass is 334 g/mol. The molecule has 1 heterocycles. The second kappa shape index (κ2) is 6.77. The van der Waals surface area contributed by atoms with Crippen molar-refractivity contribution < 1.29 is 24.4 Å². The number of nitro groups is 1. The van der Waals surface area contributed by atoms with E-state index in [2.05, 4.69) is 10.4 Å². The molecule has 0 radical (unpaired) electrons. The van der Waals surface area contributed by atoms with Gasteiger partial charge in [-0.25, -0.2) is 4.79 Å². The second-order valence-electron chi connectivity index (χ2n) is 4.82. The minimum absolute atomic E-state index is 0.00941. The van der Waals surface area contributed by atoms with Gasteiger partial charge in [0, 0.05) is 6.20 Å². The molecule has 2 N–H and O–H groups in total. The van der Waals surface area contributed by atoms with Crippen molar-refractivity contribution in [3.05, 3.63) is 46.3 Å². The Bertz CT molecular complexity index is 800. The van der Waals surface area contributed by atoms with Crippen molar-refractivity contribution in [1.29, 1.82) is 0 Å². The highest BCUT2D eigenvalue weighted by atomic mass is 16.6. The van der Waals surface area contributed by atoms with Gasteiger partial charge in [-0.05, 0) is 19.1 Å². The molecule has 0 aliphatic rings. The van der Waals surface area contributed by atoms with Crippen LogP contribution < -0.4 is 10.1 Å². The fraction of sp³-hybridized carbons (Fsp3) is 0.214. The third kappa shape index (κ3) is 3.48. The van der Waals surface area contributed by atoms with Gasteiger partial charge < -0.3 is 15.2 Å². The summed E-state index contributed by atoms with van der Waals surface area (Å²) in [6, 6.07) is 3.06. The zero-order valence-electron chi connectivity index (χ0n) is 12.8. The van der Waals surface area contributed by atoms with E-state index >= 15 is 0 Å². The van der Waals surface area contributed by atoms with Gasteiger partial charge in [0.05, 0.1) is 29.9 Å². The van der Waals surface area contributed by atoms with E-state index in [1.54, 1.807) is 0 Å². The average molecular weight is 334 g/mol. The van der Waals surface area contributed by atoms with Crippen LogP contribution in [0.15, 0.2) is 30.6 Å². The maximum atomic E-state index is 12.2. The first kappa shape index (κ1) is 16.9. The molecule has 0 saturated heterocycles. The predicted octanol–water partition coefficient (Wildman–Crippen LogP) is 1.70. The van der Waals surface area contributed by atoms with Crippen LogP contribution in [0.2, 0.25) is 0 Å². The summed E-state index contributed by atoms with van der Waals surface area (Å²) in [5.74, 6) is -1.47. The number of hydrogen-bond acceptors (Lipinski definition) is 6. The quantitative estimate of drug-likeness (QED) is 0.606. The number of nitro benzene ring substituents is 1. The molecule has 0 fully saturated rings. The molecule has 10 heteroatoms. The lowest BCUT2D eigenvalue weighted by atomic mass is 10.2. The van der Waals surface area contributed by atoms with Gasteiger partial charge >= 0.3 is 5.97 Å². The molecule has 0 saturated carbocycles. The number of nitrogens with one attached hydrogen (secondary N) is 1. The number of hydrogen-bond donors (Lipinski definition) is 2. The maximum absolute atomic E-state index is 12.2. The highest BCUT2D eigenvalue weighted by molar-refractivity contribution is 6.05. The minimum Gasteiger partial charge on any atom is -0.496 e. The summed E-state index contributed by atoms with van der Waals surface area (Å²) in [6.45, 7) is 1.41. The Morgan fingerprint density at radius 1 is 1.46 bits per heavy atom. The fourth-order valence-corrected chi connectivity index (χ4v) is 1.87. The molecular formula is C14H14N4O6. The zero-order chi connectivity index (χ0) is 17.9. The smallest absolute Gasteiger partial charge is 0.328 e. The third-order valence-electron chi connectivity index (χ3n) is 3.27. The molecule has 0 aliphatic carbocycles. The zero-order valence-corrected chi connectivity index (χ0v) is 12.8. The number of aromatic nitrogens is 2.